The second-order valence-electron chi connectivity index (χ2n) is 8.09. The van der Waals surface area contributed by atoms with Gasteiger partial charge in [0.25, 0.3) is 5.91 Å². The van der Waals surface area contributed by atoms with Crippen molar-refractivity contribution < 1.29 is 24.2 Å². The molecule has 0 bridgehead atoms. The van der Waals surface area contributed by atoms with E-state index in [4.69, 9.17) is 16.3 Å². The molecule has 188 valence electrons. The molecule has 0 saturated carbocycles. The molecule has 4 aromatic carbocycles. The van der Waals surface area contributed by atoms with Crippen molar-refractivity contribution in [2.75, 3.05) is 17.7 Å². The minimum absolute atomic E-state index is 0.0590. The number of carboxylic acid groups (broad SMARTS) is 1. The quantitative estimate of drug-likeness (QED) is 0.221. The lowest BCUT2D eigenvalue weighted by atomic mass is 9.98. The zero-order valence-electron chi connectivity index (χ0n) is 19.9. The summed E-state index contributed by atoms with van der Waals surface area (Å²) in [6.45, 7) is 1.77. The van der Waals surface area contributed by atoms with Crippen LogP contribution in [0.4, 0.5) is 11.4 Å². The van der Waals surface area contributed by atoms with Gasteiger partial charge in [-0.25, -0.2) is 4.79 Å². The Labute approximate surface area is 222 Å². The third-order valence-corrected chi connectivity index (χ3v) is 6.90. The van der Waals surface area contributed by atoms with Crippen LogP contribution >= 0.6 is 23.4 Å². The number of thioether (sulfide) groups is 1. The maximum Gasteiger partial charge on any atom is 0.336 e. The third kappa shape index (κ3) is 6.04. The van der Waals surface area contributed by atoms with E-state index in [0.717, 1.165) is 4.90 Å². The number of benzene rings is 4. The molecule has 0 saturated heterocycles. The number of carbonyl (C=O) groups excluding carboxylic acids is 2. The number of rotatable bonds is 8. The molecule has 0 radical (unpaired) electrons. The summed E-state index contributed by atoms with van der Waals surface area (Å²) in [5.74, 6) is -1.27. The molecule has 0 aliphatic carbocycles. The second kappa shape index (κ2) is 11.4. The molecule has 9 heteroatoms. The third-order valence-electron chi connectivity index (χ3n) is 5.57. The predicted molar refractivity (Wildman–Crippen MR) is 147 cm³/mol. The molecule has 0 heterocycles. The number of halogens is 1. The van der Waals surface area contributed by atoms with Crippen LogP contribution in [0.15, 0.2) is 83.8 Å². The lowest BCUT2D eigenvalue weighted by Gasteiger charge is -2.15. The molecular weight excluding hydrogens is 512 g/mol. The number of amides is 2. The Morgan fingerprint density at radius 2 is 1.62 bits per heavy atom. The molecule has 4 aromatic rings. The summed E-state index contributed by atoms with van der Waals surface area (Å²) in [6.07, 6.45) is 0. The lowest BCUT2D eigenvalue weighted by Crippen LogP contribution is -2.22. The van der Waals surface area contributed by atoms with E-state index in [1.165, 1.54) is 24.9 Å². The molecule has 4 rings (SSSR count). The Morgan fingerprint density at radius 3 is 2.32 bits per heavy atom. The molecule has 0 aliphatic heterocycles. The van der Waals surface area contributed by atoms with Crippen molar-refractivity contribution in [3.8, 4) is 5.75 Å². The van der Waals surface area contributed by atoms with Gasteiger partial charge in [0.1, 0.15) is 5.75 Å². The van der Waals surface area contributed by atoms with Crippen molar-refractivity contribution in [2.24, 2.45) is 0 Å². The molecular formula is C28H23ClN2O5S. The highest BCUT2D eigenvalue weighted by molar-refractivity contribution is 8.00. The Morgan fingerprint density at radius 1 is 0.919 bits per heavy atom. The van der Waals surface area contributed by atoms with Crippen molar-refractivity contribution in [1.82, 2.24) is 0 Å². The van der Waals surface area contributed by atoms with Crippen LogP contribution in [0, 0.1) is 0 Å². The van der Waals surface area contributed by atoms with E-state index in [1.807, 2.05) is 6.07 Å². The van der Waals surface area contributed by atoms with Crippen LogP contribution in [-0.2, 0) is 4.79 Å². The number of hydrogen-bond acceptors (Lipinski definition) is 5. The first-order valence-corrected chi connectivity index (χ1v) is 12.5. The van der Waals surface area contributed by atoms with Crippen molar-refractivity contribution in [2.45, 2.75) is 17.1 Å². The van der Waals surface area contributed by atoms with Gasteiger partial charge >= 0.3 is 5.97 Å². The topological polar surface area (TPSA) is 105 Å². The number of aromatic carboxylic acids is 1. The normalized spacial score (nSPS) is 11.5. The highest BCUT2D eigenvalue weighted by Gasteiger charge is 2.19. The zero-order chi connectivity index (χ0) is 26.5. The molecule has 0 fully saturated rings. The van der Waals surface area contributed by atoms with E-state index in [0.29, 0.717) is 32.9 Å². The minimum atomic E-state index is -1.10. The average molecular weight is 535 g/mol. The van der Waals surface area contributed by atoms with Crippen LogP contribution in [0.25, 0.3) is 10.8 Å². The van der Waals surface area contributed by atoms with Crippen molar-refractivity contribution in [1.29, 1.82) is 0 Å². The van der Waals surface area contributed by atoms with Crippen LogP contribution in [0.2, 0.25) is 5.02 Å². The van der Waals surface area contributed by atoms with E-state index in [9.17, 15) is 19.5 Å². The van der Waals surface area contributed by atoms with Gasteiger partial charge in [-0.3, -0.25) is 9.59 Å². The number of ether oxygens (including phenoxy) is 1. The first kappa shape index (κ1) is 26.1. The molecule has 0 spiro atoms. The number of anilines is 2. The smallest absolute Gasteiger partial charge is 0.336 e. The number of nitrogens with one attached hydrogen (secondary N) is 2. The van der Waals surface area contributed by atoms with E-state index < -0.39 is 17.1 Å². The van der Waals surface area contributed by atoms with Crippen molar-refractivity contribution in [3.63, 3.8) is 0 Å². The highest BCUT2D eigenvalue weighted by Crippen LogP contribution is 2.31. The van der Waals surface area contributed by atoms with Gasteiger partial charge in [0.05, 0.1) is 23.6 Å². The fourth-order valence-electron chi connectivity index (χ4n) is 3.82. The molecule has 37 heavy (non-hydrogen) atoms. The fourth-order valence-corrected chi connectivity index (χ4v) is 4.92. The Balaban J connectivity index is 1.50. The number of methoxy groups -OCH3 is 1. The van der Waals surface area contributed by atoms with Crippen LogP contribution in [0.3, 0.4) is 0 Å². The van der Waals surface area contributed by atoms with E-state index >= 15 is 0 Å². The Hall–Kier alpha value is -4.01. The lowest BCUT2D eigenvalue weighted by molar-refractivity contribution is -0.115. The molecule has 3 N–H and O–H groups in total. The van der Waals surface area contributed by atoms with Gasteiger partial charge in [0, 0.05) is 26.6 Å². The molecule has 7 nitrogen and oxygen atoms in total. The van der Waals surface area contributed by atoms with Gasteiger partial charge < -0.3 is 20.5 Å². The molecule has 0 aromatic heterocycles. The zero-order valence-corrected chi connectivity index (χ0v) is 21.5. The SMILES string of the molecule is COc1ccc(Cl)cc1NC(=O)C(C)Sc1cccc(NC(=O)c2cccc3cccc(C(=O)O)c23)c1. The molecule has 1 atom stereocenters. The summed E-state index contributed by atoms with van der Waals surface area (Å²) >= 11 is 7.37. The summed E-state index contributed by atoms with van der Waals surface area (Å²) in [5.41, 5.74) is 1.31. The van der Waals surface area contributed by atoms with Crippen LogP contribution in [0.5, 0.6) is 5.75 Å². The van der Waals surface area contributed by atoms with E-state index in [-0.39, 0.29) is 17.0 Å². The molecule has 2 amide bonds. The summed E-state index contributed by atoms with van der Waals surface area (Å²) in [7, 11) is 1.51. The van der Waals surface area contributed by atoms with Crippen LogP contribution in [0.1, 0.15) is 27.6 Å². The molecule has 1 unspecified atom stereocenters. The number of carbonyl (C=O) groups is 3. The predicted octanol–water partition coefficient (Wildman–Crippen LogP) is 6.57. The van der Waals surface area contributed by atoms with Gasteiger partial charge in [0.15, 0.2) is 0 Å². The molecule has 0 aliphatic rings. The minimum Gasteiger partial charge on any atom is -0.495 e. The largest absolute Gasteiger partial charge is 0.495 e. The van der Waals surface area contributed by atoms with Gasteiger partial charge in [0.2, 0.25) is 5.91 Å². The van der Waals surface area contributed by atoms with Crippen molar-refractivity contribution in [3.05, 3.63) is 95.0 Å². The van der Waals surface area contributed by atoms with Gasteiger partial charge in [-0.2, -0.15) is 0 Å². The summed E-state index contributed by atoms with van der Waals surface area (Å²) in [5, 5.41) is 16.3. The van der Waals surface area contributed by atoms with Crippen molar-refractivity contribution >= 4 is 63.3 Å². The van der Waals surface area contributed by atoms with Gasteiger partial charge in [-0.1, -0.05) is 41.9 Å². The summed E-state index contributed by atoms with van der Waals surface area (Å²) in [4.78, 5) is 38.4. The number of hydrogen-bond donors (Lipinski definition) is 3. The van der Waals surface area contributed by atoms with Gasteiger partial charge in [-0.15, -0.1) is 11.8 Å². The number of fused-ring (bicyclic) bond motifs is 1. The summed E-state index contributed by atoms with van der Waals surface area (Å²) in [6, 6.07) is 22.0. The van der Waals surface area contributed by atoms with E-state index in [1.54, 1.807) is 73.7 Å². The Kier molecular flexibility index (Phi) is 8.01. The fraction of sp³-hybridized carbons (Fsp3) is 0.107. The summed E-state index contributed by atoms with van der Waals surface area (Å²) < 4.78 is 5.28. The monoisotopic (exact) mass is 534 g/mol. The second-order valence-corrected chi connectivity index (χ2v) is 9.94. The standard InChI is InChI=1S/C28H23ClN2O5S/c1-16(26(32)31-23-14-18(29)12-13-24(23)36-2)37-20-9-5-8-19(15-20)30-27(33)21-10-3-6-17-7-4-11-22(25(17)21)28(34)35/h3-16H,1-2H3,(H,30,33)(H,31,32)(H,34,35). The Bertz CT molecular complexity index is 1500. The highest BCUT2D eigenvalue weighted by atomic mass is 35.5. The van der Waals surface area contributed by atoms with Gasteiger partial charge in [-0.05, 0) is 60.8 Å². The first-order chi connectivity index (χ1) is 17.8. The van der Waals surface area contributed by atoms with E-state index in [2.05, 4.69) is 10.6 Å². The van der Waals surface area contributed by atoms with Crippen LogP contribution < -0.4 is 15.4 Å². The maximum atomic E-state index is 13.1. The average Bonchev–Trinajstić information content (AvgIpc) is 2.88. The first-order valence-electron chi connectivity index (χ1n) is 11.2. The number of carboxylic acids is 1. The maximum absolute atomic E-state index is 13.1. The van der Waals surface area contributed by atoms with Crippen LogP contribution in [-0.4, -0.2) is 35.2 Å².